The van der Waals surface area contributed by atoms with E-state index in [9.17, 15) is 9.59 Å². The number of amides is 2. The van der Waals surface area contributed by atoms with Gasteiger partial charge >= 0.3 is 0 Å². The summed E-state index contributed by atoms with van der Waals surface area (Å²) in [5.74, 6) is 2.00. The highest BCUT2D eigenvalue weighted by molar-refractivity contribution is 7.10. The first-order valence-corrected chi connectivity index (χ1v) is 13.9. The van der Waals surface area contributed by atoms with Gasteiger partial charge in [0, 0.05) is 23.5 Å². The van der Waals surface area contributed by atoms with E-state index in [1.807, 2.05) is 29.2 Å². The summed E-state index contributed by atoms with van der Waals surface area (Å²) in [6, 6.07) is 16.4. The maximum atomic E-state index is 13.8. The Balaban J connectivity index is 1.55. The predicted octanol–water partition coefficient (Wildman–Crippen LogP) is 5.46. The van der Waals surface area contributed by atoms with Crippen LogP contribution in [0.3, 0.4) is 0 Å². The zero-order valence-electron chi connectivity index (χ0n) is 22.5. The molecular formula is C30H36N2O5S. The van der Waals surface area contributed by atoms with Gasteiger partial charge in [0.2, 0.25) is 5.91 Å². The van der Waals surface area contributed by atoms with Crippen LogP contribution < -0.4 is 14.2 Å². The Bertz CT molecular complexity index is 1230. The average molecular weight is 537 g/mol. The Morgan fingerprint density at radius 1 is 1.05 bits per heavy atom. The van der Waals surface area contributed by atoms with Gasteiger partial charge in [0.25, 0.3) is 5.91 Å². The van der Waals surface area contributed by atoms with Gasteiger partial charge in [-0.15, -0.1) is 11.3 Å². The van der Waals surface area contributed by atoms with E-state index in [0.29, 0.717) is 42.5 Å². The minimum atomic E-state index is -0.246. The number of benzene rings is 2. The molecule has 1 aliphatic rings. The lowest BCUT2D eigenvalue weighted by atomic mass is 10.00. The maximum absolute atomic E-state index is 13.8. The van der Waals surface area contributed by atoms with Crippen LogP contribution in [0.15, 0.2) is 60.0 Å². The maximum Gasteiger partial charge on any atom is 0.254 e. The number of fused-ring (bicyclic) bond motifs is 1. The van der Waals surface area contributed by atoms with Gasteiger partial charge in [-0.05, 0) is 65.7 Å². The molecule has 8 heteroatoms. The van der Waals surface area contributed by atoms with E-state index in [1.54, 1.807) is 54.7 Å². The number of thiophene rings is 1. The molecule has 2 aromatic carbocycles. The van der Waals surface area contributed by atoms with E-state index in [1.165, 1.54) is 4.88 Å². The van der Waals surface area contributed by atoms with Gasteiger partial charge in [-0.1, -0.05) is 32.4 Å². The Morgan fingerprint density at radius 2 is 1.79 bits per heavy atom. The minimum absolute atomic E-state index is 0.0137. The summed E-state index contributed by atoms with van der Waals surface area (Å²) in [4.78, 5) is 32.2. The Morgan fingerprint density at radius 3 is 2.47 bits per heavy atom. The van der Waals surface area contributed by atoms with Gasteiger partial charge in [-0.2, -0.15) is 0 Å². The SMILES string of the molecule is CC[C@H](C)CN(CC(=O)N1CCc2sccc2[C@@H]1COc1ccccc1OC)C(=O)c1ccc(OC)cc1. The topological polar surface area (TPSA) is 68.3 Å². The van der Waals surface area contributed by atoms with Gasteiger partial charge in [-0.25, -0.2) is 0 Å². The molecule has 0 bridgehead atoms. The number of carbonyl (C=O) groups excluding carboxylic acids is 2. The van der Waals surface area contributed by atoms with Crippen molar-refractivity contribution in [3.05, 3.63) is 76.0 Å². The zero-order valence-corrected chi connectivity index (χ0v) is 23.3. The number of methoxy groups -OCH3 is 2. The minimum Gasteiger partial charge on any atom is -0.497 e. The molecule has 202 valence electrons. The van der Waals surface area contributed by atoms with Crippen molar-refractivity contribution in [1.29, 1.82) is 0 Å². The first-order chi connectivity index (χ1) is 18.4. The van der Waals surface area contributed by atoms with E-state index >= 15 is 0 Å². The highest BCUT2D eigenvalue weighted by Crippen LogP contribution is 2.35. The standard InChI is InChI=1S/C30H36N2O5S/c1-5-21(2)18-31(30(34)22-10-12-23(35-3)13-11-22)19-29(33)32-16-14-28-24(15-17-38-28)25(32)20-37-27-9-7-6-8-26(27)36-4/h6-13,15,17,21,25H,5,14,16,18-20H2,1-4H3/t21-,25-/m0/s1. The molecule has 38 heavy (non-hydrogen) atoms. The van der Waals surface area contributed by atoms with Crippen molar-refractivity contribution in [3.8, 4) is 17.2 Å². The smallest absolute Gasteiger partial charge is 0.254 e. The molecule has 0 fully saturated rings. The van der Waals surface area contributed by atoms with E-state index in [4.69, 9.17) is 14.2 Å². The summed E-state index contributed by atoms with van der Waals surface area (Å²) in [6.07, 6.45) is 1.71. The molecule has 1 aliphatic heterocycles. The second-order valence-electron chi connectivity index (χ2n) is 9.54. The highest BCUT2D eigenvalue weighted by Gasteiger charge is 2.34. The zero-order chi connectivity index (χ0) is 27.1. The number of ether oxygens (including phenoxy) is 3. The van der Waals surface area contributed by atoms with Crippen LogP contribution in [0.5, 0.6) is 17.2 Å². The quantitative estimate of drug-likeness (QED) is 0.326. The molecule has 3 aromatic rings. The molecular weight excluding hydrogens is 500 g/mol. The van der Waals surface area contributed by atoms with Crippen LogP contribution in [0.25, 0.3) is 0 Å². The van der Waals surface area contributed by atoms with Crippen molar-refractivity contribution < 1.29 is 23.8 Å². The fourth-order valence-electron chi connectivity index (χ4n) is 4.68. The number of para-hydroxylation sites is 2. The van der Waals surface area contributed by atoms with E-state index in [2.05, 4.69) is 25.3 Å². The van der Waals surface area contributed by atoms with Crippen LogP contribution in [0.2, 0.25) is 0 Å². The number of nitrogens with zero attached hydrogens (tertiary/aromatic N) is 2. The molecule has 0 unspecified atom stereocenters. The monoisotopic (exact) mass is 536 g/mol. The molecule has 0 saturated heterocycles. The Kier molecular flexibility index (Phi) is 9.29. The highest BCUT2D eigenvalue weighted by atomic mass is 32.1. The molecule has 0 aliphatic carbocycles. The van der Waals surface area contributed by atoms with E-state index < -0.39 is 0 Å². The summed E-state index contributed by atoms with van der Waals surface area (Å²) in [5, 5.41) is 2.07. The van der Waals surface area contributed by atoms with Crippen molar-refractivity contribution >= 4 is 23.2 Å². The van der Waals surface area contributed by atoms with Crippen LogP contribution in [0, 0.1) is 5.92 Å². The molecule has 4 rings (SSSR count). The average Bonchev–Trinajstić information content (AvgIpc) is 3.44. The molecule has 2 heterocycles. The van der Waals surface area contributed by atoms with Crippen molar-refractivity contribution in [1.82, 2.24) is 9.80 Å². The van der Waals surface area contributed by atoms with E-state index in [0.717, 1.165) is 18.4 Å². The summed E-state index contributed by atoms with van der Waals surface area (Å²) >= 11 is 1.71. The molecule has 1 aromatic heterocycles. The third-order valence-electron chi connectivity index (χ3n) is 7.06. The summed E-state index contributed by atoms with van der Waals surface area (Å²) < 4.78 is 16.9. The molecule has 7 nitrogen and oxygen atoms in total. The van der Waals surface area contributed by atoms with Crippen molar-refractivity contribution in [2.24, 2.45) is 5.92 Å². The second-order valence-corrected chi connectivity index (χ2v) is 10.5. The number of hydrogen-bond donors (Lipinski definition) is 0. The van der Waals surface area contributed by atoms with Crippen molar-refractivity contribution in [2.45, 2.75) is 32.7 Å². The van der Waals surface area contributed by atoms with E-state index in [-0.39, 0.29) is 30.3 Å². The predicted molar refractivity (Wildman–Crippen MR) is 149 cm³/mol. The largest absolute Gasteiger partial charge is 0.497 e. The van der Waals surface area contributed by atoms with Crippen LogP contribution in [-0.2, 0) is 11.2 Å². The molecule has 0 saturated carbocycles. The third-order valence-corrected chi connectivity index (χ3v) is 8.06. The fourth-order valence-corrected chi connectivity index (χ4v) is 5.60. The lowest BCUT2D eigenvalue weighted by Gasteiger charge is -2.37. The van der Waals surface area contributed by atoms with Crippen LogP contribution in [0.1, 0.15) is 47.1 Å². The number of rotatable bonds is 11. The van der Waals surface area contributed by atoms with Crippen LogP contribution in [0.4, 0.5) is 0 Å². The third kappa shape index (κ3) is 6.30. The lowest BCUT2D eigenvalue weighted by molar-refractivity contribution is -0.135. The summed E-state index contributed by atoms with van der Waals surface area (Å²) in [6.45, 7) is 5.60. The number of carbonyl (C=O) groups is 2. The fraction of sp³-hybridized carbons (Fsp3) is 0.400. The van der Waals surface area contributed by atoms with Crippen molar-refractivity contribution in [2.75, 3.05) is 40.5 Å². The number of hydrogen-bond acceptors (Lipinski definition) is 6. The van der Waals surface area contributed by atoms with Gasteiger partial charge < -0.3 is 24.0 Å². The molecule has 0 radical (unpaired) electrons. The molecule has 0 spiro atoms. The molecule has 0 N–H and O–H groups in total. The first-order valence-electron chi connectivity index (χ1n) is 13.0. The van der Waals surface area contributed by atoms with Gasteiger partial charge in [0.1, 0.15) is 18.9 Å². The normalized spacial score (nSPS) is 15.4. The van der Waals surface area contributed by atoms with Crippen molar-refractivity contribution in [3.63, 3.8) is 0 Å². The molecule has 2 atom stereocenters. The summed E-state index contributed by atoms with van der Waals surface area (Å²) in [5.41, 5.74) is 1.65. The first kappa shape index (κ1) is 27.5. The lowest BCUT2D eigenvalue weighted by Crippen LogP contribution is -2.48. The van der Waals surface area contributed by atoms with Gasteiger partial charge in [-0.3, -0.25) is 9.59 Å². The molecule has 2 amide bonds. The van der Waals surface area contributed by atoms with Crippen LogP contribution in [-0.4, -0.2) is 62.1 Å². The Labute approximate surface area is 228 Å². The summed E-state index contributed by atoms with van der Waals surface area (Å²) in [7, 11) is 3.21. The second kappa shape index (κ2) is 12.8. The van der Waals surface area contributed by atoms with Gasteiger partial charge in [0.15, 0.2) is 11.5 Å². The van der Waals surface area contributed by atoms with Gasteiger partial charge in [0.05, 0.1) is 20.3 Å². The van der Waals surface area contributed by atoms with Crippen LogP contribution >= 0.6 is 11.3 Å². The Hall–Kier alpha value is -3.52.